The van der Waals surface area contributed by atoms with Gasteiger partial charge in [-0.05, 0) is 32.4 Å². The van der Waals surface area contributed by atoms with Gasteiger partial charge in [-0.1, -0.05) is 33.9 Å². The summed E-state index contributed by atoms with van der Waals surface area (Å²) in [6.45, 7) is 23.3. The number of hydrogen-bond acceptors (Lipinski definition) is 2. The number of aliphatic imine (C=N–C) groups is 1. The molecule has 0 aromatic carbocycles. The third kappa shape index (κ3) is 17.1. The van der Waals surface area contributed by atoms with Gasteiger partial charge >= 0.3 is 0 Å². The maximum absolute atomic E-state index is 4.31. The van der Waals surface area contributed by atoms with Gasteiger partial charge in [0.05, 0.1) is 0 Å². The van der Waals surface area contributed by atoms with Crippen molar-refractivity contribution < 1.29 is 0 Å². The molecule has 0 fully saturated rings. The van der Waals surface area contributed by atoms with E-state index in [1.807, 2.05) is 33.8 Å². The Morgan fingerprint density at radius 2 is 1.71 bits per heavy atom. The van der Waals surface area contributed by atoms with E-state index in [1.54, 1.807) is 6.08 Å². The van der Waals surface area contributed by atoms with Crippen molar-refractivity contribution in [3.05, 3.63) is 50.0 Å². The molecule has 0 radical (unpaired) electrons. The van der Waals surface area contributed by atoms with Crippen molar-refractivity contribution in [3.8, 4) is 0 Å². The van der Waals surface area contributed by atoms with Gasteiger partial charge in [0, 0.05) is 11.4 Å². The first kappa shape index (κ1) is 20.8. The van der Waals surface area contributed by atoms with Gasteiger partial charge in [-0.3, -0.25) is 0 Å². The Hall–Kier alpha value is -1.57. The van der Waals surface area contributed by atoms with Crippen molar-refractivity contribution in [3.63, 3.8) is 0 Å². The molecular formula is C15H28N2. The van der Waals surface area contributed by atoms with Gasteiger partial charge < -0.3 is 5.32 Å². The highest BCUT2D eigenvalue weighted by Crippen LogP contribution is 1.99. The van der Waals surface area contributed by atoms with Crippen LogP contribution in [0.5, 0.6) is 0 Å². The summed E-state index contributed by atoms with van der Waals surface area (Å²) < 4.78 is 0. The van der Waals surface area contributed by atoms with Crippen molar-refractivity contribution in [2.24, 2.45) is 4.99 Å². The van der Waals surface area contributed by atoms with Gasteiger partial charge in [0.2, 0.25) is 0 Å². The molecule has 2 nitrogen and oxygen atoms in total. The molecule has 0 aliphatic rings. The minimum absolute atomic E-state index is 0.840. The Balaban J connectivity index is -0.000000439. The van der Waals surface area contributed by atoms with Crippen molar-refractivity contribution in [2.75, 3.05) is 0 Å². The summed E-state index contributed by atoms with van der Waals surface area (Å²) in [5.41, 5.74) is 1.79. The van der Waals surface area contributed by atoms with E-state index < -0.39 is 0 Å². The van der Waals surface area contributed by atoms with Crippen LogP contribution in [0.25, 0.3) is 0 Å². The first-order valence-corrected chi connectivity index (χ1v) is 5.90. The molecule has 0 spiro atoms. The average Bonchev–Trinajstić information content (AvgIpc) is 2.33. The lowest BCUT2D eigenvalue weighted by molar-refractivity contribution is 0.934. The van der Waals surface area contributed by atoms with Crippen LogP contribution in [0.4, 0.5) is 0 Å². The smallest absolute Gasteiger partial charge is 0.126 e. The third-order valence-corrected chi connectivity index (χ3v) is 1.33. The normalized spacial score (nSPS) is 10.2. The summed E-state index contributed by atoms with van der Waals surface area (Å²) in [5, 5.41) is 3.08. The lowest BCUT2D eigenvalue weighted by Crippen LogP contribution is -2.08. The largest absolute Gasteiger partial charge is 0.345 e. The molecular weight excluding hydrogens is 208 g/mol. The molecule has 98 valence electrons. The highest BCUT2D eigenvalue weighted by atomic mass is 15.0. The van der Waals surface area contributed by atoms with Gasteiger partial charge in [0.25, 0.3) is 0 Å². The van der Waals surface area contributed by atoms with E-state index in [-0.39, 0.29) is 0 Å². The van der Waals surface area contributed by atoms with Crippen molar-refractivity contribution in [2.45, 2.75) is 41.0 Å². The first-order chi connectivity index (χ1) is 8.10. The van der Waals surface area contributed by atoms with E-state index in [0.717, 1.165) is 23.7 Å². The highest BCUT2D eigenvalue weighted by Gasteiger charge is 1.92. The van der Waals surface area contributed by atoms with Gasteiger partial charge in [-0.2, -0.15) is 0 Å². The molecule has 1 N–H and O–H groups in total. The second-order valence-corrected chi connectivity index (χ2v) is 2.86. The van der Waals surface area contributed by atoms with Crippen molar-refractivity contribution >= 4 is 5.71 Å². The molecule has 0 aromatic rings. The summed E-state index contributed by atoms with van der Waals surface area (Å²) in [4.78, 5) is 4.31. The topological polar surface area (TPSA) is 24.4 Å². The fourth-order valence-electron chi connectivity index (χ4n) is 0.772. The van der Waals surface area contributed by atoms with Gasteiger partial charge in [-0.15, -0.1) is 13.2 Å². The second-order valence-electron chi connectivity index (χ2n) is 2.86. The Bertz CT molecular complexity index is 260. The third-order valence-electron chi connectivity index (χ3n) is 1.33. The van der Waals surface area contributed by atoms with Crippen molar-refractivity contribution in [1.29, 1.82) is 0 Å². The molecule has 0 atom stereocenters. The Morgan fingerprint density at radius 3 is 2.00 bits per heavy atom. The molecule has 0 unspecified atom stereocenters. The molecule has 0 aromatic heterocycles. The molecule has 0 heterocycles. The molecule has 0 saturated carbocycles. The number of hydrogen-bond donors (Lipinski definition) is 1. The predicted molar refractivity (Wildman–Crippen MR) is 82.2 cm³/mol. The summed E-state index contributed by atoms with van der Waals surface area (Å²) in [6, 6.07) is 0. The van der Waals surface area contributed by atoms with E-state index in [0.29, 0.717) is 0 Å². The van der Waals surface area contributed by atoms with Crippen molar-refractivity contribution in [1.82, 2.24) is 5.32 Å². The zero-order valence-corrected chi connectivity index (χ0v) is 12.1. The first-order valence-electron chi connectivity index (χ1n) is 5.90. The van der Waals surface area contributed by atoms with Crippen LogP contribution in [-0.2, 0) is 0 Å². The molecule has 0 rings (SSSR count). The molecule has 0 amide bonds. The van der Waals surface area contributed by atoms with Crippen LogP contribution in [0.2, 0.25) is 0 Å². The van der Waals surface area contributed by atoms with Crippen LogP contribution in [0.1, 0.15) is 41.0 Å². The molecule has 0 aliphatic carbocycles. The van der Waals surface area contributed by atoms with E-state index in [4.69, 9.17) is 0 Å². The number of rotatable bonds is 5. The number of allylic oxidation sites excluding steroid dienone is 3. The summed E-state index contributed by atoms with van der Waals surface area (Å²) in [6.07, 6.45) is 4.69. The number of nitrogens with zero attached hydrogens (tertiary/aromatic N) is 1. The quantitative estimate of drug-likeness (QED) is 0.536. The zero-order valence-electron chi connectivity index (χ0n) is 12.1. The SMILES string of the molecule is C=C.C=C/C(C)=N\C(=C/CC)NC(=C)C.CC. The Kier molecular flexibility index (Phi) is 20.6. The maximum Gasteiger partial charge on any atom is 0.126 e. The summed E-state index contributed by atoms with van der Waals surface area (Å²) in [7, 11) is 0. The second kappa shape index (κ2) is 16.8. The molecule has 17 heavy (non-hydrogen) atoms. The predicted octanol–water partition coefficient (Wildman–Crippen LogP) is 4.84. The minimum atomic E-state index is 0.840. The summed E-state index contributed by atoms with van der Waals surface area (Å²) >= 11 is 0. The molecule has 0 saturated heterocycles. The molecule has 2 heteroatoms. The van der Waals surface area contributed by atoms with Gasteiger partial charge in [-0.25, -0.2) is 4.99 Å². The highest BCUT2D eigenvalue weighted by molar-refractivity contribution is 5.92. The van der Waals surface area contributed by atoms with E-state index in [9.17, 15) is 0 Å². The van der Waals surface area contributed by atoms with E-state index >= 15 is 0 Å². The minimum Gasteiger partial charge on any atom is -0.345 e. The lowest BCUT2D eigenvalue weighted by atomic mass is 10.4. The van der Waals surface area contributed by atoms with E-state index in [2.05, 4.69) is 43.5 Å². The monoisotopic (exact) mass is 236 g/mol. The van der Waals surface area contributed by atoms with Crippen LogP contribution in [-0.4, -0.2) is 5.71 Å². The average molecular weight is 236 g/mol. The Morgan fingerprint density at radius 1 is 1.24 bits per heavy atom. The van der Waals surface area contributed by atoms with Crippen LogP contribution < -0.4 is 5.32 Å². The molecule has 0 bridgehead atoms. The number of nitrogens with one attached hydrogen (secondary N) is 1. The lowest BCUT2D eigenvalue weighted by Gasteiger charge is -2.05. The van der Waals surface area contributed by atoms with Gasteiger partial charge in [0.1, 0.15) is 5.82 Å². The van der Waals surface area contributed by atoms with Crippen LogP contribution >= 0.6 is 0 Å². The summed E-state index contributed by atoms with van der Waals surface area (Å²) in [5.74, 6) is 0.840. The molecule has 0 aliphatic heterocycles. The fourth-order valence-corrected chi connectivity index (χ4v) is 0.772. The fraction of sp³-hybridized carbons (Fsp3) is 0.400. The maximum atomic E-state index is 4.31. The van der Waals surface area contributed by atoms with Crippen LogP contribution in [0.15, 0.2) is 55.0 Å². The Labute approximate surface area is 108 Å². The van der Waals surface area contributed by atoms with E-state index in [1.165, 1.54) is 0 Å². The van der Waals surface area contributed by atoms with Crippen LogP contribution in [0, 0.1) is 0 Å². The van der Waals surface area contributed by atoms with Gasteiger partial charge in [0.15, 0.2) is 0 Å². The zero-order chi connectivity index (χ0) is 14.3. The van der Waals surface area contributed by atoms with Crippen LogP contribution in [0.3, 0.4) is 0 Å². The standard InChI is InChI=1S/C11H18N2.C2H6.C2H4/c1-6-8-11(12-9(3)4)13-10(5)7-2;2*1-2/h7-8,12H,2-3,6H2,1,4-5H3;1-2H3;1-2H2/b11-8-,13-10-;;.